The maximum atomic E-state index is 11.8. The minimum atomic E-state index is -1.63. The van der Waals surface area contributed by atoms with Crippen molar-refractivity contribution in [2.45, 2.75) is 4.90 Å². The molecule has 1 unspecified atom stereocenters. The number of carbonyl (C=O) groups excluding carboxylic acids is 1. The van der Waals surface area contributed by atoms with E-state index in [9.17, 15) is 13.8 Å². The number of hydrogen-bond acceptors (Lipinski definition) is 4. The number of benzene rings is 1. The fourth-order valence-corrected chi connectivity index (χ4v) is 2.16. The first-order chi connectivity index (χ1) is 8.54. The Labute approximate surface area is 106 Å². The van der Waals surface area contributed by atoms with Crippen molar-refractivity contribution in [1.82, 2.24) is 5.32 Å². The molecule has 0 fully saturated rings. The van der Waals surface area contributed by atoms with Crippen molar-refractivity contribution < 1.29 is 18.9 Å². The first kappa shape index (κ1) is 13.9. The van der Waals surface area contributed by atoms with E-state index in [-0.39, 0.29) is 22.8 Å². The van der Waals surface area contributed by atoms with Crippen LogP contribution in [0.3, 0.4) is 0 Å². The lowest BCUT2D eigenvalue weighted by atomic mass is 10.2. The van der Waals surface area contributed by atoms with E-state index in [1.54, 1.807) is 6.07 Å². The van der Waals surface area contributed by atoms with Gasteiger partial charge in [-0.2, -0.15) is 5.26 Å². The van der Waals surface area contributed by atoms with Crippen LogP contribution in [0.15, 0.2) is 29.2 Å². The van der Waals surface area contributed by atoms with Crippen molar-refractivity contribution in [1.29, 1.82) is 5.26 Å². The second-order valence-corrected chi connectivity index (χ2v) is 4.71. The number of nitrogens with one attached hydrogen (secondary N) is 1. The predicted octanol–water partition coefficient (Wildman–Crippen LogP) is 0.132. The Hall–Kier alpha value is -2.20. The summed E-state index contributed by atoms with van der Waals surface area (Å²) in [7, 11) is -1.63. The molecule has 0 heterocycles. The summed E-state index contributed by atoms with van der Waals surface area (Å²) in [6, 6.07) is 7.31. The predicted molar refractivity (Wildman–Crippen MR) is 63.3 cm³/mol. The van der Waals surface area contributed by atoms with Crippen LogP contribution < -0.4 is 5.32 Å². The summed E-state index contributed by atoms with van der Waals surface area (Å²) in [4.78, 5) is 22.2. The highest BCUT2D eigenvalue weighted by Gasteiger charge is 2.11. The maximum Gasteiger partial charge on any atom is 0.335 e. The standard InChI is InChI=1S/C11H10N2O4S/c12-4-5-13-10(14)7-18(17)9-3-1-2-8(6-9)11(15)16/h1-3,6H,5,7H2,(H,13,14)(H,15,16). The highest BCUT2D eigenvalue weighted by atomic mass is 32.2. The number of rotatable bonds is 5. The average molecular weight is 266 g/mol. The lowest BCUT2D eigenvalue weighted by Gasteiger charge is -2.03. The minimum Gasteiger partial charge on any atom is -0.478 e. The molecule has 0 aliphatic heterocycles. The van der Waals surface area contributed by atoms with Gasteiger partial charge >= 0.3 is 5.97 Å². The quantitative estimate of drug-likeness (QED) is 0.737. The zero-order valence-corrected chi connectivity index (χ0v) is 10.1. The topological polar surface area (TPSA) is 107 Å². The van der Waals surface area contributed by atoms with Crippen LogP contribution in [-0.2, 0) is 15.6 Å². The monoisotopic (exact) mass is 266 g/mol. The van der Waals surface area contributed by atoms with Crippen LogP contribution in [0.25, 0.3) is 0 Å². The van der Waals surface area contributed by atoms with E-state index in [4.69, 9.17) is 10.4 Å². The van der Waals surface area contributed by atoms with Gasteiger partial charge in [-0.05, 0) is 18.2 Å². The van der Waals surface area contributed by atoms with Gasteiger partial charge in [0.05, 0.1) is 22.4 Å². The Bertz CT molecular complexity index is 536. The molecule has 94 valence electrons. The molecular formula is C11H10N2O4S. The molecule has 1 aromatic rings. The molecule has 1 atom stereocenters. The average Bonchev–Trinajstić information content (AvgIpc) is 2.36. The number of carboxylic acid groups (broad SMARTS) is 1. The molecule has 7 heteroatoms. The number of amides is 1. The molecule has 1 amide bonds. The molecule has 0 saturated heterocycles. The van der Waals surface area contributed by atoms with E-state index in [0.29, 0.717) is 0 Å². The van der Waals surface area contributed by atoms with Crippen molar-refractivity contribution in [3.05, 3.63) is 29.8 Å². The number of carboxylic acids is 1. The van der Waals surface area contributed by atoms with Gasteiger partial charge in [0.2, 0.25) is 5.91 Å². The highest BCUT2D eigenvalue weighted by Crippen LogP contribution is 2.10. The van der Waals surface area contributed by atoms with Crippen LogP contribution in [0.1, 0.15) is 10.4 Å². The Morgan fingerprint density at radius 2 is 2.17 bits per heavy atom. The van der Waals surface area contributed by atoms with Crippen LogP contribution in [0, 0.1) is 11.3 Å². The third-order valence-electron chi connectivity index (χ3n) is 1.97. The lowest BCUT2D eigenvalue weighted by Crippen LogP contribution is -2.28. The Balaban J connectivity index is 2.73. The first-order valence-electron chi connectivity index (χ1n) is 4.90. The fraction of sp³-hybridized carbons (Fsp3) is 0.182. The summed E-state index contributed by atoms with van der Waals surface area (Å²) in [5.74, 6) is -1.94. The summed E-state index contributed by atoms with van der Waals surface area (Å²) in [5.41, 5.74) is 0.0123. The normalized spacial score (nSPS) is 11.3. The molecule has 0 saturated carbocycles. The summed E-state index contributed by atoms with van der Waals surface area (Å²) in [6.45, 7) is -0.148. The molecule has 2 N–H and O–H groups in total. The van der Waals surface area contributed by atoms with E-state index >= 15 is 0 Å². The van der Waals surface area contributed by atoms with Crippen molar-refractivity contribution >= 4 is 22.7 Å². The van der Waals surface area contributed by atoms with Crippen molar-refractivity contribution in [2.24, 2.45) is 0 Å². The summed E-state index contributed by atoms with van der Waals surface area (Å²) in [6.07, 6.45) is 0. The number of carbonyl (C=O) groups is 2. The number of nitrogens with zero attached hydrogens (tertiary/aromatic N) is 1. The second-order valence-electron chi connectivity index (χ2n) is 3.26. The van der Waals surface area contributed by atoms with Gasteiger partial charge in [-0.25, -0.2) is 4.79 Å². The molecule has 6 nitrogen and oxygen atoms in total. The number of hydrogen-bond donors (Lipinski definition) is 2. The molecule has 0 aliphatic carbocycles. The van der Waals surface area contributed by atoms with Crippen LogP contribution in [0.2, 0.25) is 0 Å². The van der Waals surface area contributed by atoms with Gasteiger partial charge in [0.1, 0.15) is 12.3 Å². The Kier molecular flexibility index (Phi) is 5.02. The van der Waals surface area contributed by atoms with Crippen molar-refractivity contribution in [3.8, 4) is 6.07 Å². The third-order valence-corrected chi connectivity index (χ3v) is 3.27. The van der Waals surface area contributed by atoms with E-state index in [1.165, 1.54) is 24.3 Å². The van der Waals surface area contributed by atoms with E-state index in [2.05, 4.69) is 5.32 Å². The van der Waals surface area contributed by atoms with Crippen LogP contribution >= 0.6 is 0 Å². The van der Waals surface area contributed by atoms with E-state index < -0.39 is 22.7 Å². The maximum absolute atomic E-state index is 11.8. The van der Waals surface area contributed by atoms with Crippen LogP contribution in [0.5, 0.6) is 0 Å². The van der Waals surface area contributed by atoms with Crippen LogP contribution in [0.4, 0.5) is 0 Å². The number of nitriles is 1. The van der Waals surface area contributed by atoms with Gasteiger partial charge in [0.15, 0.2) is 0 Å². The van der Waals surface area contributed by atoms with Crippen molar-refractivity contribution in [2.75, 3.05) is 12.3 Å². The largest absolute Gasteiger partial charge is 0.478 e. The molecule has 1 rings (SSSR count). The van der Waals surface area contributed by atoms with Gasteiger partial charge < -0.3 is 10.4 Å². The molecule has 0 aromatic heterocycles. The molecule has 0 spiro atoms. The van der Waals surface area contributed by atoms with Gasteiger partial charge in [-0.3, -0.25) is 9.00 Å². The molecule has 0 bridgehead atoms. The van der Waals surface area contributed by atoms with Gasteiger partial charge in [0, 0.05) is 4.90 Å². The summed E-state index contributed by atoms with van der Waals surface area (Å²) < 4.78 is 11.8. The van der Waals surface area contributed by atoms with Gasteiger partial charge in [-0.1, -0.05) is 6.07 Å². The smallest absolute Gasteiger partial charge is 0.335 e. The lowest BCUT2D eigenvalue weighted by molar-refractivity contribution is -0.118. The molecule has 1 aromatic carbocycles. The van der Waals surface area contributed by atoms with E-state index in [0.717, 1.165) is 0 Å². The SMILES string of the molecule is N#CCNC(=O)CS(=O)c1cccc(C(=O)O)c1. The summed E-state index contributed by atoms with van der Waals surface area (Å²) in [5, 5.41) is 19.3. The molecule has 18 heavy (non-hydrogen) atoms. The van der Waals surface area contributed by atoms with E-state index in [1.807, 2.05) is 0 Å². The van der Waals surface area contributed by atoms with Crippen LogP contribution in [-0.4, -0.2) is 33.5 Å². The summed E-state index contributed by atoms with van der Waals surface area (Å²) >= 11 is 0. The fourth-order valence-electron chi connectivity index (χ4n) is 1.16. The van der Waals surface area contributed by atoms with Gasteiger partial charge in [-0.15, -0.1) is 0 Å². The second kappa shape index (κ2) is 6.51. The highest BCUT2D eigenvalue weighted by molar-refractivity contribution is 7.85. The zero-order chi connectivity index (χ0) is 13.5. The molecular weight excluding hydrogens is 256 g/mol. The first-order valence-corrected chi connectivity index (χ1v) is 6.22. The van der Waals surface area contributed by atoms with Gasteiger partial charge in [0.25, 0.3) is 0 Å². The molecule has 0 radical (unpaired) electrons. The number of aromatic carboxylic acids is 1. The zero-order valence-electron chi connectivity index (χ0n) is 9.25. The minimum absolute atomic E-state index is 0.0123. The third kappa shape index (κ3) is 3.99. The van der Waals surface area contributed by atoms with Crippen molar-refractivity contribution in [3.63, 3.8) is 0 Å². The Morgan fingerprint density at radius 3 is 2.78 bits per heavy atom. The molecule has 0 aliphatic rings. The Morgan fingerprint density at radius 1 is 1.44 bits per heavy atom.